The number of aliphatic carboxylic acids is 1. The quantitative estimate of drug-likeness (QED) is 0.222. The van der Waals surface area contributed by atoms with Crippen molar-refractivity contribution in [2.24, 2.45) is 0 Å². The first-order valence-electron chi connectivity index (χ1n) is 10.7. The molecule has 6 N–H and O–H groups in total. The van der Waals surface area contributed by atoms with E-state index >= 15 is 0 Å². The Bertz CT molecular complexity index is 915. The van der Waals surface area contributed by atoms with Crippen LogP contribution in [0.15, 0.2) is 11.1 Å². The van der Waals surface area contributed by atoms with Crippen molar-refractivity contribution in [1.29, 1.82) is 0 Å². The number of ether oxygens (including phenoxy) is 1. The van der Waals surface area contributed by atoms with E-state index in [-0.39, 0.29) is 37.4 Å². The minimum absolute atomic E-state index is 0.0336. The topological polar surface area (TPSA) is 194 Å². The summed E-state index contributed by atoms with van der Waals surface area (Å²) in [5, 5.41) is 17.8. The van der Waals surface area contributed by atoms with E-state index in [9.17, 15) is 24.2 Å². The van der Waals surface area contributed by atoms with Gasteiger partial charge in [-0.3, -0.25) is 19.1 Å². The van der Waals surface area contributed by atoms with Crippen LogP contribution in [0, 0.1) is 0 Å². The summed E-state index contributed by atoms with van der Waals surface area (Å²) in [6.45, 7) is 8.43. The smallest absolute Gasteiger partial charge is 0.313 e. The minimum Gasteiger partial charge on any atom is -0.481 e. The number of carboxylic acid groups (broad SMARTS) is 1. The van der Waals surface area contributed by atoms with Gasteiger partial charge in [-0.25, -0.2) is 4.98 Å². The Morgan fingerprint density at radius 3 is 2.56 bits per heavy atom. The number of aromatic amines is 1. The van der Waals surface area contributed by atoms with Crippen LogP contribution in [0.4, 0.5) is 5.95 Å². The van der Waals surface area contributed by atoms with Gasteiger partial charge in [-0.1, -0.05) is 27.7 Å². The SMILES string of the molecule is CC.CC.Nc1nc2c(ncn2CC(CCO)OCCCCP(=O)(O)CC(=O)O)c(=O)[nH]1. The highest BCUT2D eigenvalue weighted by Crippen LogP contribution is 2.40. The molecule has 2 heterocycles. The molecule has 0 aliphatic carbocycles. The van der Waals surface area contributed by atoms with Gasteiger partial charge in [0.15, 0.2) is 11.2 Å². The molecule has 2 atom stereocenters. The average molecular weight is 477 g/mol. The number of aromatic nitrogens is 4. The molecule has 0 aliphatic heterocycles. The zero-order valence-electron chi connectivity index (χ0n) is 19.2. The number of fused-ring (bicyclic) bond motifs is 1. The van der Waals surface area contributed by atoms with Crippen LogP contribution in [-0.2, 0) is 20.6 Å². The third-order valence-electron chi connectivity index (χ3n) is 3.98. The molecular weight excluding hydrogens is 441 g/mol. The van der Waals surface area contributed by atoms with E-state index in [2.05, 4.69) is 15.0 Å². The summed E-state index contributed by atoms with van der Waals surface area (Å²) in [7, 11) is -3.67. The summed E-state index contributed by atoms with van der Waals surface area (Å²) in [6, 6.07) is 0. The summed E-state index contributed by atoms with van der Waals surface area (Å²) in [5.41, 5.74) is 5.57. The predicted molar refractivity (Wildman–Crippen MR) is 123 cm³/mol. The van der Waals surface area contributed by atoms with Gasteiger partial charge in [-0.15, -0.1) is 0 Å². The van der Waals surface area contributed by atoms with Gasteiger partial charge < -0.3 is 30.1 Å². The molecule has 184 valence electrons. The van der Waals surface area contributed by atoms with E-state index < -0.39 is 31.2 Å². The lowest BCUT2D eigenvalue weighted by Crippen LogP contribution is -2.22. The van der Waals surface area contributed by atoms with Crippen LogP contribution < -0.4 is 11.3 Å². The maximum atomic E-state index is 11.8. The molecule has 12 nitrogen and oxygen atoms in total. The number of nitrogen functional groups attached to an aromatic ring is 1. The molecule has 2 rings (SSSR count). The van der Waals surface area contributed by atoms with Gasteiger partial charge in [0.05, 0.1) is 19.0 Å². The van der Waals surface area contributed by atoms with Crippen molar-refractivity contribution in [3.8, 4) is 0 Å². The van der Waals surface area contributed by atoms with Gasteiger partial charge in [0.2, 0.25) is 13.3 Å². The first kappa shape index (κ1) is 29.7. The standard InChI is InChI=1S/C15H24N5O7P.2C2H6/c16-15-18-13-12(14(24)19-15)17-9-20(13)7-10(3-4-21)27-5-1-2-6-28(25,26)8-11(22)23;2*1-2/h9-10,21H,1-8H2,(H,22,23)(H,25,26)(H3,16,18,19,24);2*1-2H3. The number of H-pyrrole nitrogens is 1. The van der Waals surface area contributed by atoms with Crippen LogP contribution in [0.25, 0.3) is 11.2 Å². The monoisotopic (exact) mass is 477 g/mol. The number of carbonyl (C=O) groups is 1. The zero-order valence-corrected chi connectivity index (χ0v) is 20.0. The Morgan fingerprint density at radius 2 is 1.97 bits per heavy atom. The molecule has 0 radical (unpaired) electrons. The van der Waals surface area contributed by atoms with Gasteiger partial charge in [0.1, 0.15) is 6.16 Å². The molecule has 0 spiro atoms. The first-order chi connectivity index (χ1) is 15.2. The van der Waals surface area contributed by atoms with Crippen molar-refractivity contribution in [3.63, 3.8) is 0 Å². The molecule has 0 saturated heterocycles. The number of rotatable bonds is 12. The molecule has 0 amide bonds. The molecule has 0 fully saturated rings. The second kappa shape index (κ2) is 15.5. The van der Waals surface area contributed by atoms with Crippen LogP contribution >= 0.6 is 7.37 Å². The highest BCUT2D eigenvalue weighted by Gasteiger charge is 2.21. The fourth-order valence-corrected chi connectivity index (χ4v) is 3.99. The van der Waals surface area contributed by atoms with E-state index in [1.54, 1.807) is 4.57 Å². The van der Waals surface area contributed by atoms with Crippen LogP contribution in [0.2, 0.25) is 0 Å². The maximum absolute atomic E-state index is 11.8. The second-order valence-electron chi connectivity index (χ2n) is 6.35. The van der Waals surface area contributed by atoms with E-state index in [1.165, 1.54) is 6.33 Å². The number of hydrogen-bond donors (Lipinski definition) is 5. The molecule has 2 aromatic rings. The van der Waals surface area contributed by atoms with Gasteiger partial charge in [-0.05, 0) is 19.3 Å². The predicted octanol–water partition coefficient (Wildman–Crippen LogP) is 1.66. The number of unbranched alkanes of at least 4 members (excludes halogenated alkanes) is 1. The van der Waals surface area contributed by atoms with Crippen molar-refractivity contribution >= 4 is 30.5 Å². The lowest BCUT2D eigenvalue weighted by molar-refractivity contribution is -0.134. The number of aliphatic hydroxyl groups is 1. The first-order valence-corrected chi connectivity index (χ1v) is 12.7. The molecule has 0 bridgehead atoms. The highest BCUT2D eigenvalue weighted by atomic mass is 31.2. The number of nitrogens with zero attached hydrogens (tertiary/aromatic N) is 3. The van der Waals surface area contributed by atoms with Crippen molar-refractivity contribution in [1.82, 2.24) is 19.5 Å². The number of carboxylic acids is 1. The van der Waals surface area contributed by atoms with Gasteiger partial charge in [0.25, 0.3) is 5.56 Å². The molecule has 0 aromatic carbocycles. The Kier molecular flexibility index (Phi) is 14.4. The third kappa shape index (κ3) is 10.4. The summed E-state index contributed by atoms with van der Waals surface area (Å²) >= 11 is 0. The molecule has 0 saturated carbocycles. The van der Waals surface area contributed by atoms with E-state index in [1.807, 2.05) is 27.7 Å². The molecule has 32 heavy (non-hydrogen) atoms. The van der Waals surface area contributed by atoms with Gasteiger partial charge >= 0.3 is 5.97 Å². The van der Waals surface area contributed by atoms with Crippen molar-refractivity contribution in [2.75, 3.05) is 31.3 Å². The van der Waals surface area contributed by atoms with E-state index in [0.717, 1.165) is 0 Å². The Balaban J connectivity index is 0.00000227. The van der Waals surface area contributed by atoms with Crippen LogP contribution in [0.3, 0.4) is 0 Å². The van der Waals surface area contributed by atoms with Gasteiger partial charge in [-0.2, -0.15) is 4.98 Å². The second-order valence-corrected chi connectivity index (χ2v) is 8.81. The number of nitrogens with one attached hydrogen (secondary N) is 1. The van der Waals surface area contributed by atoms with Crippen molar-refractivity contribution in [2.45, 2.75) is 59.6 Å². The Morgan fingerprint density at radius 1 is 1.31 bits per heavy atom. The molecule has 13 heteroatoms. The minimum atomic E-state index is -3.67. The number of hydrogen-bond acceptors (Lipinski definition) is 8. The summed E-state index contributed by atoms with van der Waals surface area (Å²) in [5.74, 6) is -1.33. The molecule has 2 unspecified atom stereocenters. The molecule has 2 aromatic heterocycles. The zero-order chi connectivity index (χ0) is 24.7. The molecular formula is C19H36N5O7P. The molecule has 0 aliphatic rings. The number of aliphatic hydroxyl groups excluding tert-OH is 1. The number of anilines is 1. The highest BCUT2D eigenvalue weighted by molar-refractivity contribution is 7.58. The lowest BCUT2D eigenvalue weighted by atomic mass is 10.2. The van der Waals surface area contributed by atoms with Gasteiger partial charge in [0, 0.05) is 19.4 Å². The summed E-state index contributed by atoms with van der Waals surface area (Å²) < 4.78 is 19.0. The number of nitrogens with two attached hydrogens (primary N) is 1. The average Bonchev–Trinajstić information content (AvgIpc) is 3.12. The maximum Gasteiger partial charge on any atom is 0.313 e. The lowest BCUT2D eigenvalue weighted by Gasteiger charge is -2.18. The largest absolute Gasteiger partial charge is 0.481 e. The third-order valence-corrected chi connectivity index (χ3v) is 5.76. The normalized spacial score (nSPS) is 13.3. The van der Waals surface area contributed by atoms with Crippen molar-refractivity contribution < 1.29 is 29.2 Å². The summed E-state index contributed by atoms with van der Waals surface area (Å²) in [6.07, 6.45) is 1.33. The van der Waals surface area contributed by atoms with Crippen molar-refractivity contribution in [3.05, 3.63) is 16.7 Å². The Labute approximate surface area is 187 Å². The summed E-state index contributed by atoms with van der Waals surface area (Å²) in [4.78, 5) is 42.3. The van der Waals surface area contributed by atoms with Crippen LogP contribution in [-0.4, -0.2) is 72.2 Å². The fraction of sp³-hybridized carbons (Fsp3) is 0.684. The Hall–Kier alpha value is -2.27. The van der Waals surface area contributed by atoms with E-state index in [0.29, 0.717) is 24.9 Å². The van der Waals surface area contributed by atoms with E-state index in [4.69, 9.17) is 15.6 Å². The van der Waals surface area contributed by atoms with Crippen LogP contribution in [0.1, 0.15) is 47.0 Å². The fourth-order valence-electron chi connectivity index (χ4n) is 2.70. The van der Waals surface area contributed by atoms with Crippen LogP contribution in [0.5, 0.6) is 0 Å². The number of imidazole rings is 1.